The summed E-state index contributed by atoms with van der Waals surface area (Å²) in [4.78, 5) is 10.9. The quantitative estimate of drug-likeness (QED) is 0.590. The van der Waals surface area contributed by atoms with E-state index < -0.39 is 23.8 Å². The third-order valence-corrected chi connectivity index (χ3v) is 3.18. The molecule has 1 fully saturated rings. The van der Waals surface area contributed by atoms with Gasteiger partial charge in [-0.2, -0.15) is 13.2 Å². The lowest BCUT2D eigenvalue weighted by Crippen LogP contribution is -2.70. The molecule has 7 heteroatoms. The van der Waals surface area contributed by atoms with Gasteiger partial charge in [-0.3, -0.25) is 4.79 Å². The Labute approximate surface area is 85.9 Å². The Hall–Kier alpha value is -1.11. The van der Waals surface area contributed by atoms with Crippen LogP contribution in [0.25, 0.3) is 0 Å². The van der Waals surface area contributed by atoms with Gasteiger partial charge in [-0.05, 0) is 11.4 Å². The second kappa shape index (κ2) is 2.94. The number of nitrogens with one attached hydrogen (secondary N) is 1. The molecule has 82 valence electrons. The second-order valence-electron chi connectivity index (χ2n) is 3.13. The number of carbonyl (C=O) groups is 1. The van der Waals surface area contributed by atoms with Crippen LogP contribution < -0.4 is 5.32 Å². The maximum atomic E-state index is 13.5. The summed E-state index contributed by atoms with van der Waals surface area (Å²) < 4.78 is 50.5. The zero-order chi connectivity index (χ0) is 11.3. The molecular formula is C8H5F4NOS. The molecule has 1 amide bonds. The number of halogens is 4. The highest BCUT2D eigenvalue weighted by atomic mass is 32.1. The van der Waals surface area contributed by atoms with E-state index >= 15 is 0 Å². The van der Waals surface area contributed by atoms with E-state index in [0.717, 1.165) is 11.3 Å². The van der Waals surface area contributed by atoms with Gasteiger partial charge in [0.15, 0.2) is 0 Å². The van der Waals surface area contributed by atoms with Crippen LogP contribution in [0.3, 0.4) is 0 Å². The summed E-state index contributed by atoms with van der Waals surface area (Å²) in [6.45, 7) is 0. The Morgan fingerprint density at radius 3 is 2.53 bits per heavy atom. The van der Waals surface area contributed by atoms with Crippen LogP contribution >= 0.6 is 11.3 Å². The van der Waals surface area contributed by atoms with E-state index in [1.165, 1.54) is 17.5 Å². The first-order valence-electron chi connectivity index (χ1n) is 3.97. The molecule has 2 rings (SSSR count). The summed E-state index contributed by atoms with van der Waals surface area (Å²) >= 11 is 0.973. The van der Waals surface area contributed by atoms with Gasteiger partial charge in [0.1, 0.15) is 6.04 Å². The van der Waals surface area contributed by atoms with Gasteiger partial charge in [0.05, 0.1) is 0 Å². The molecule has 2 atom stereocenters. The zero-order valence-corrected chi connectivity index (χ0v) is 7.95. The van der Waals surface area contributed by atoms with Gasteiger partial charge in [0.2, 0.25) is 0 Å². The number of alkyl halides is 4. The van der Waals surface area contributed by atoms with Gasteiger partial charge < -0.3 is 5.32 Å². The van der Waals surface area contributed by atoms with Crippen molar-refractivity contribution in [3.63, 3.8) is 0 Å². The van der Waals surface area contributed by atoms with E-state index in [0.29, 0.717) is 0 Å². The molecule has 0 spiro atoms. The fourth-order valence-corrected chi connectivity index (χ4v) is 2.23. The molecule has 2 unspecified atom stereocenters. The minimum Gasteiger partial charge on any atom is -0.341 e. The predicted octanol–water partition coefficient (Wildman–Crippen LogP) is 2.19. The van der Waals surface area contributed by atoms with Gasteiger partial charge in [0, 0.05) is 4.88 Å². The molecule has 1 aromatic heterocycles. The van der Waals surface area contributed by atoms with Crippen LogP contribution in [0.2, 0.25) is 0 Å². The van der Waals surface area contributed by atoms with E-state index in [1.807, 2.05) is 5.32 Å². The van der Waals surface area contributed by atoms with Crippen molar-refractivity contribution in [3.05, 3.63) is 22.4 Å². The van der Waals surface area contributed by atoms with Crippen molar-refractivity contribution >= 4 is 17.2 Å². The van der Waals surface area contributed by atoms with Crippen molar-refractivity contribution < 1.29 is 22.4 Å². The number of hydrogen-bond acceptors (Lipinski definition) is 2. The molecule has 0 aromatic carbocycles. The first kappa shape index (κ1) is 10.4. The van der Waals surface area contributed by atoms with Crippen LogP contribution in [0.5, 0.6) is 0 Å². The second-order valence-corrected chi connectivity index (χ2v) is 4.11. The molecule has 15 heavy (non-hydrogen) atoms. The Bertz CT molecular complexity index is 388. The minimum absolute atomic E-state index is 0.162. The third kappa shape index (κ3) is 1.26. The van der Waals surface area contributed by atoms with Crippen molar-refractivity contribution in [2.24, 2.45) is 0 Å². The van der Waals surface area contributed by atoms with E-state index in [4.69, 9.17) is 0 Å². The highest BCUT2D eigenvalue weighted by molar-refractivity contribution is 7.10. The molecule has 1 aliphatic rings. The molecule has 1 aromatic rings. The molecule has 1 aliphatic heterocycles. The molecule has 2 nitrogen and oxygen atoms in total. The zero-order valence-electron chi connectivity index (χ0n) is 7.14. The highest BCUT2D eigenvalue weighted by Crippen LogP contribution is 2.49. The number of amides is 1. The molecule has 0 radical (unpaired) electrons. The van der Waals surface area contributed by atoms with E-state index in [-0.39, 0.29) is 4.88 Å². The first-order valence-corrected chi connectivity index (χ1v) is 4.85. The van der Waals surface area contributed by atoms with Crippen molar-refractivity contribution in [1.29, 1.82) is 0 Å². The summed E-state index contributed by atoms with van der Waals surface area (Å²) in [5.74, 6) is -1.62. The number of hydrogen-bond donors (Lipinski definition) is 1. The van der Waals surface area contributed by atoms with Gasteiger partial charge in [0.25, 0.3) is 5.91 Å². The average molecular weight is 239 g/mol. The van der Waals surface area contributed by atoms with Crippen molar-refractivity contribution in [3.8, 4) is 0 Å². The Morgan fingerprint density at radius 2 is 2.13 bits per heavy atom. The van der Waals surface area contributed by atoms with Gasteiger partial charge in [-0.15, -0.1) is 11.3 Å². The molecule has 1 saturated heterocycles. The average Bonchev–Trinajstić information content (AvgIpc) is 2.63. The van der Waals surface area contributed by atoms with Gasteiger partial charge in [-0.25, -0.2) is 4.39 Å². The SMILES string of the molecule is O=C1NC(c2cccs2)C1(F)C(F)(F)F. The standard InChI is InChI=1S/C8H5F4NOS/c9-7(8(10,11)12)5(13-6(7)14)4-2-1-3-15-4/h1-3,5H,(H,13,14). The summed E-state index contributed by atoms with van der Waals surface area (Å²) in [6, 6.07) is 1.25. The smallest absolute Gasteiger partial charge is 0.341 e. The lowest BCUT2D eigenvalue weighted by Gasteiger charge is -2.42. The fourth-order valence-electron chi connectivity index (χ4n) is 1.40. The van der Waals surface area contributed by atoms with E-state index in [9.17, 15) is 22.4 Å². The molecule has 2 heterocycles. The van der Waals surface area contributed by atoms with Crippen LogP contribution in [0, 0.1) is 0 Å². The largest absolute Gasteiger partial charge is 0.434 e. The lowest BCUT2D eigenvalue weighted by atomic mass is 9.85. The minimum atomic E-state index is -5.18. The van der Waals surface area contributed by atoms with Crippen LogP contribution in [-0.4, -0.2) is 17.8 Å². The summed E-state index contributed by atoms with van der Waals surface area (Å²) in [5, 5.41) is 3.44. The van der Waals surface area contributed by atoms with Crippen molar-refractivity contribution in [2.45, 2.75) is 17.9 Å². The first-order chi connectivity index (χ1) is 6.87. The summed E-state index contributed by atoms with van der Waals surface area (Å²) in [5.41, 5.74) is -3.78. The topological polar surface area (TPSA) is 29.1 Å². The van der Waals surface area contributed by atoms with E-state index in [1.54, 1.807) is 0 Å². The Morgan fingerprint density at radius 1 is 1.47 bits per heavy atom. The lowest BCUT2D eigenvalue weighted by molar-refractivity contribution is -0.253. The number of β-lactam (4-membered cyclic amide) rings is 1. The monoisotopic (exact) mass is 239 g/mol. The normalized spacial score (nSPS) is 30.9. The van der Waals surface area contributed by atoms with Crippen LogP contribution in [-0.2, 0) is 4.79 Å². The summed E-state index contributed by atoms with van der Waals surface area (Å²) in [6.07, 6.45) is -5.18. The number of rotatable bonds is 1. The molecular weight excluding hydrogens is 234 g/mol. The van der Waals surface area contributed by atoms with Crippen LogP contribution in [0.4, 0.5) is 17.6 Å². The fraction of sp³-hybridized carbons (Fsp3) is 0.375. The maximum absolute atomic E-state index is 13.5. The maximum Gasteiger partial charge on any atom is 0.434 e. The van der Waals surface area contributed by atoms with Gasteiger partial charge in [-0.1, -0.05) is 6.07 Å². The van der Waals surface area contributed by atoms with Crippen molar-refractivity contribution in [1.82, 2.24) is 5.32 Å². The highest BCUT2D eigenvalue weighted by Gasteiger charge is 2.73. The molecule has 1 N–H and O–H groups in total. The Balaban J connectivity index is 2.35. The number of thiophene rings is 1. The molecule has 0 bridgehead atoms. The molecule has 0 saturated carbocycles. The van der Waals surface area contributed by atoms with Crippen molar-refractivity contribution in [2.75, 3.05) is 0 Å². The van der Waals surface area contributed by atoms with E-state index in [2.05, 4.69) is 0 Å². The number of carbonyl (C=O) groups excluding carboxylic acids is 1. The van der Waals surface area contributed by atoms with Crippen LogP contribution in [0.1, 0.15) is 10.9 Å². The van der Waals surface area contributed by atoms with Crippen LogP contribution in [0.15, 0.2) is 17.5 Å². The van der Waals surface area contributed by atoms with Gasteiger partial charge >= 0.3 is 11.8 Å². The molecule has 0 aliphatic carbocycles. The summed E-state index contributed by atoms with van der Waals surface area (Å²) in [7, 11) is 0. The third-order valence-electron chi connectivity index (χ3n) is 2.24. The predicted molar refractivity (Wildman–Crippen MR) is 45.1 cm³/mol. The Kier molecular flexibility index (Phi) is 2.04.